The molecule has 1 aromatic carbocycles. The number of hydrogen-bond acceptors (Lipinski definition) is 5. The Balaban J connectivity index is 2.67. The van der Waals surface area contributed by atoms with Crippen molar-refractivity contribution >= 4 is 18.0 Å². The highest BCUT2D eigenvalue weighted by Gasteiger charge is 2.06. The maximum Gasteiger partial charge on any atom is 0.328 e. The van der Waals surface area contributed by atoms with E-state index >= 15 is 0 Å². The summed E-state index contributed by atoms with van der Waals surface area (Å²) in [7, 11) is 2.86. The van der Waals surface area contributed by atoms with Crippen LogP contribution in [0.1, 0.15) is 18.4 Å². The number of carboxylic acids is 1. The van der Waals surface area contributed by atoms with E-state index in [4.69, 9.17) is 14.6 Å². The molecule has 0 saturated heterocycles. The summed E-state index contributed by atoms with van der Waals surface area (Å²) in [6.45, 7) is 0.331. The summed E-state index contributed by atoms with van der Waals surface area (Å²) < 4.78 is 15.3. The van der Waals surface area contributed by atoms with E-state index in [-0.39, 0.29) is 12.4 Å². The summed E-state index contributed by atoms with van der Waals surface area (Å²) >= 11 is 0. The molecule has 0 fully saturated rings. The van der Waals surface area contributed by atoms with E-state index in [0.717, 1.165) is 6.08 Å². The van der Waals surface area contributed by atoms with E-state index in [1.54, 1.807) is 18.2 Å². The molecule has 0 atom stereocenters. The van der Waals surface area contributed by atoms with Gasteiger partial charge in [0.1, 0.15) is 0 Å². The normalized spacial score (nSPS) is 10.4. The van der Waals surface area contributed by atoms with E-state index in [1.807, 2.05) is 0 Å². The van der Waals surface area contributed by atoms with Crippen molar-refractivity contribution in [2.24, 2.45) is 0 Å². The van der Waals surface area contributed by atoms with Gasteiger partial charge in [0.2, 0.25) is 0 Å². The molecule has 0 spiro atoms. The van der Waals surface area contributed by atoms with Crippen LogP contribution in [-0.4, -0.2) is 37.9 Å². The van der Waals surface area contributed by atoms with Crippen molar-refractivity contribution in [1.82, 2.24) is 0 Å². The highest BCUT2D eigenvalue weighted by molar-refractivity contribution is 5.85. The number of ether oxygens (including phenoxy) is 3. The highest BCUT2D eigenvalue weighted by Crippen LogP contribution is 2.28. The van der Waals surface area contributed by atoms with Crippen LogP contribution in [0, 0.1) is 0 Å². The second-order valence-electron chi connectivity index (χ2n) is 4.11. The first kappa shape index (κ1) is 16.6. The van der Waals surface area contributed by atoms with Gasteiger partial charge in [-0.15, -0.1) is 0 Å². The molecule has 0 aliphatic heterocycles. The fourth-order valence-electron chi connectivity index (χ4n) is 1.58. The molecule has 114 valence electrons. The molecule has 1 N–H and O–H groups in total. The van der Waals surface area contributed by atoms with Gasteiger partial charge < -0.3 is 19.3 Å². The quantitative estimate of drug-likeness (QED) is 0.449. The lowest BCUT2D eigenvalue weighted by Crippen LogP contribution is -2.05. The van der Waals surface area contributed by atoms with Gasteiger partial charge in [-0.05, 0) is 30.2 Å². The first-order valence-corrected chi connectivity index (χ1v) is 6.35. The molecule has 0 aliphatic rings. The number of carboxylic acid groups (broad SMARTS) is 1. The molecular weight excluding hydrogens is 276 g/mol. The molecule has 0 bridgehead atoms. The molecule has 1 rings (SSSR count). The maximum atomic E-state index is 11.0. The molecular formula is C15H18O6. The first-order chi connectivity index (χ1) is 10.1. The number of rotatable bonds is 8. The molecule has 0 saturated carbocycles. The topological polar surface area (TPSA) is 82.1 Å². The zero-order chi connectivity index (χ0) is 15.7. The number of hydrogen-bond donors (Lipinski definition) is 1. The molecule has 0 unspecified atom stereocenters. The van der Waals surface area contributed by atoms with Crippen LogP contribution in [0.3, 0.4) is 0 Å². The van der Waals surface area contributed by atoms with Crippen molar-refractivity contribution in [3.63, 3.8) is 0 Å². The maximum absolute atomic E-state index is 11.0. The third-order valence-electron chi connectivity index (χ3n) is 2.62. The zero-order valence-corrected chi connectivity index (χ0v) is 12.0. The largest absolute Gasteiger partial charge is 0.493 e. The SMILES string of the molecule is COC(=O)CCCOc1cc(/C=C/C(=O)O)ccc1OC. The van der Waals surface area contributed by atoms with Gasteiger partial charge >= 0.3 is 11.9 Å². The average molecular weight is 294 g/mol. The predicted octanol–water partition coefficient (Wildman–Crippen LogP) is 2.12. The molecule has 1 aromatic rings. The van der Waals surface area contributed by atoms with Crippen molar-refractivity contribution in [3.8, 4) is 11.5 Å². The van der Waals surface area contributed by atoms with Crippen LogP contribution < -0.4 is 9.47 Å². The minimum absolute atomic E-state index is 0.275. The second kappa shape index (κ2) is 8.63. The first-order valence-electron chi connectivity index (χ1n) is 6.35. The Morgan fingerprint density at radius 1 is 1.24 bits per heavy atom. The summed E-state index contributed by atoms with van der Waals surface area (Å²) in [5.74, 6) is -0.273. The summed E-state index contributed by atoms with van der Waals surface area (Å²) in [6.07, 6.45) is 3.30. The molecule has 0 radical (unpaired) electrons. The Morgan fingerprint density at radius 3 is 2.62 bits per heavy atom. The van der Waals surface area contributed by atoms with Gasteiger partial charge in [0.05, 0.1) is 20.8 Å². The van der Waals surface area contributed by atoms with E-state index in [1.165, 1.54) is 20.3 Å². The smallest absolute Gasteiger partial charge is 0.328 e. The Morgan fingerprint density at radius 2 is 2.00 bits per heavy atom. The molecule has 0 aromatic heterocycles. The van der Waals surface area contributed by atoms with Gasteiger partial charge in [-0.3, -0.25) is 4.79 Å². The van der Waals surface area contributed by atoms with E-state index in [9.17, 15) is 9.59 Å². The summed E-state index contributed by atoms with van der Waals surface area (Å²) in [4.78, 5) is 21.5. The van der Waals surface area contributed by atoms with E-state index in [0.29, 0.717) is 30.1 Å². The second-order valence-corrected chi connectivity index (χ2v) is 4.11. The molecule has 21 heavy (non-hydrogen) atoms. The van der Waals surface area contributed by atoms with Crippen LogP contribution in [0.4, 0.5) is 0 Å². The number of methoxy groups -OCH3 is 2. The van der Waals surface area contributed by atoms with Crippen LogP contribution in [-0.2, 0) is 14.3 Å². The van der Waals surface area contributed by atoms with Crippen molar-refractivity contribution in [3.05, 3.63) is 29.8 Å². The number of esters is 1. The molecule has 6 nitrogen and oxygen atoms in total. The van der Waals surface area contributed by atoms with Gasteiger partial charge in [0.15, 0.2) is 11.5 Å². The van der Waals surface area contributed by atoms with Crippen molar-refractivity contribution in [1.29, 1.82) is 0 Å². The van der Waals surface area contributed by atoms with Crippen LogP contribution in [0.25, 0.3) is 6.08 Å². The van der Waals surface area contributed by atoms with Gasteiger partial charge in [-0.2, -0.15) is 0 Å². The van der Waals surface area contributed by atoms with Crippen molar-refractivity contribution < 1.29 is 28.9 Å². The molecule has 0 amide bonds. The summed E-state index contributed by atoms with van der Waals surface area (Å²) in [6, 6.07) is 5.09. The number of carbonyl (C=O) groups is 2. The lowest BCUT2D eigenvalue weighted by atomic mass is 10.2. The standard InChI is InChI=1S/C15H18O6/c1-19-12-7-5-11(6-8-14(16)17)10-13(12)21-9-3-4-15(18)20-2/h5-8,10H,3-4,9H2,1-2H3,(H,16,17)/b8-6+. The van der Waals surface area contributed by atoms with Crippen LogP contribution in [0.2, 0.25) is 0 Å². The zero-order valence-electron chi connectivity index (χ0n) is 12.0. The van der Waals surface area contributed by atoms with Crippen molar-refractivity contribution in [2.45, 2.75) is 12.8 Å². The number of benzene rings is 1. The minimum Gasteiger partial charge on any atom is -0.493 e. The van der Waals surface area contributed by atoms with E-state index < -0.39 is 5.97 Å². The number of aliphatic carboxylic acids is 1. The third kappa shape index (κ3) is 5.99. The van der Waals surface area contributed by atoms with Crippen molar-refractivity contribution in [2.75, 3.05) is 20.8 Å². The fraction of sp³-hybridized carbons (Fsp3) is 0.333. The lowest BCUT2D eigenvalue weighted by molar-refractivity contribution is -0.140. The predicted molar refractivity (Wildman–Crippen MR) is 76.4 cm³/mol. The summed E-state index contributed by atoms with van der Waals surface area (Å²) in [5.41, 5.74) is 0.682. The molecule has 0 heterocycles. The van der Waals surface area contributed by atoms with Gasteiger partial charge in [0.25, 0.3) is 0 Å². The molecule has 6 heteroatoms. The number of carbonyl (C=O) groups excluding carboxylic acids is 1. The van der Waals surface area contributed by atoms with Crippen LogP contribution in [0.15, 0.2) is 24.3 Å². The highest BCUT2D eigenvalue weighted by atomic mass is 16.5. The molecule has 0 aliphatic carbocycles. The van der Waals surface area contributed by atoms with E-state index in [2.05, 4.69) is 4.74 Å². The Labute approximate surface area is 122 Å². The van der Waals surface area contributed by atoms with Gasteiger partial charge in [0, 0.05) is 12.5 Å². The Hall–Kier alpha value is -2.50. The average Bonchev–Trinajstić information content (AvgIpc) is 2.49. The van der Waals surface area contributed by atoms with Crippen LogP contribution >= 0.6 is 0 Å². The van der Waals surface area contributed by atoms with Gasteiger partial charge in [-0.1, -0.05) is 6.07 Å². The minimum atomic E-state index is -1.02. The summed E-state index contributed by atoms with van der Waals surface area (Å²) in [5, 5.41) is 8.61. The Kier molecular flexibility index (Phi) is 6.80. The monoisotopic (exact) mass is 294 g/mol. The Bertz CT molecular complexity index is 521. The van der Waals surface area contributed by atoms with Gasteiger partial charge in [-0.25, -0.2) is 4.79 Å². The fourth-order valence-corrected chi connectivity index (χ4v) is 1.58. The third-order valence-corrected chi connectivity index (χ3v) is 2.62. The van der Waals surface area contributed by atoms with Crippen LogP contribution in [0.5, 0.6) is 11.5 Å². The lowest BCUT2D eigenvalue weighted by Gasteiger charge is -2.11.